The Bertz CT molecular complexity index is 1300. The van der Waals surface area contributed by atoms with Crippen LogP contribution in [0.2, 0.25) is 0 Å². The number of benzene rings is 1. The van der Waals surface area contributed by atoms with E-state index in [1.807, 2.05) is 6.08 Å². The van der Waals surface area contributed by atoms with Crippen LogP contribution >= 0.6 is 0 Å². The van der Waals surface area contributed by atoms with Gasteiger partial charge in [-0.15, -0.1) is 0 Å². The van der Waals surface area contributed by atoms with E-state index in [2.05, 4.69) is 0 Å². The summed E-state index contributed by atoms with van der Waals surface area (Å²) in [6.45, 7) is 5.20. The third-order valence-corrected chi connectivity index (χ3v) is 8.78. The van der Waals surface area contributed by atoms with Crippen molar-refractivity contribution in [3.05, 3.63) is 51.6 Å². The van der Waals surface area contributed by atoms with Crippen LogP contribution in [-0.2, 0) is 14.4 Å². The molecule has 7 heteroatoms. The van der Waals surface area contributed by atoms with Crippen LogP contribution in [0.1, 0.15) is 81.9 Å². The molecular formula is C29H32O7. The van der Waals surface area contributed by atoms with Crippen LogP contribution in [0.3, 0.4) is 0 Å². The predicted molar refractivity (Wildman–Crippen MR) is 133 cm³/mol. The second kappa shape index (κ2) is 8.53. The van der Waals surface area contributed by atoms with Gasteiger partial charge in [-0.05, 0) is 49.2 Å². The third kappa shape index (κ3) is 3.08. The van der Waals surface area contributed by atoms with Crippen LogP contribution in [-0.4, -0.2) is 49.5 Å². The molecule has 4 aliphatic rings. The van der Waals surface area contributed by atoms with Crippen LogP contribution in [0, 0.1) is 11.8 Å². The Labute approximate surface area is 209 Å². The molecule has 1 aromatic carbocycles. The standard InChI is InChI=1S/C29H32O7/c1-4-14-12-18-25(32)20-13(3)16-10-11-17(15-8-6-7-9-15)24(31)22(16)26(33)23(20)28(35)29(18,36)27(34)21(14)19(30)5-2/h8,10-11,13,18,20,25,31-33,36H,4-7,9,12H2,1-3H3. The summed E-state index contributed by atoms with van der Waals surface area (Å²) >= 11 is 0. The van der Waals surface area contributed by atoms with Gasteiger partial charge in [0.2, 0.25) is 11.6 Å². The van der Waals surface area contributed by atoms with E-state index in [9.17, 15) is 34.8 Å². The number of rotatable bonds is 4. The number of phenols is 1. The van der Waals surface area contributed by atoms with Gasteiger partial charge in [-0.3, -0.25) is 14.4 Å². The van der Waals surface area contributed by atoms with Crippen molar-refractivity contribution in [2.75, 3.05) is 0 Å². The molecule has 190 valence electrons. The first-order valence-electron chi connectivity index (χ1n) is 12.8. The van der Waals surface area contributed by atoms with E-state index in [0.717, 1.165) is 24.8 Å². The first kappa shape index (κ1) is 24.7. The van der Waals surface area contributed by atoms with Crippen molar-refractivity contribution in [2.24, 2.45) is 11.8 Å². The zero-order valence-corrected chi connectivity index (χ0v) is 20.8. The Morgan fingerprint density at radius 3 is 2.47 bits per heavy atom. The molecule has 1 saturated carbocycles. The summed E-state index contributed by atoms with van der Waals surface area (Å²) in [5.74, 6) is -5.62. The number of carbonyl (C=O) groups excluding carboxylic acids is 3. The molecule has 5 unspecified atom stereocenters. The first-order valence-corrected chi connectivity index (χ1v) is 12.8. The average Bonchev–Trinajstić information content (AvgIpc) is 3.40. The summed E-state index contributed by atoms with van der Waals surface area (Å²) in [6.07, 6.45) is 3.81. The van der Waals surface area contributed by atoms with Crippen molar-refractivity contribution >= 4 is 28.7 Å². The lowest BCUT2D eigenvalue weighted by molar-refractivity contribution is -0.168. The SMILES string of the molecule is CCC(=O)C1=C(CC)CC2C(O)C3C(=C(O)c4c(ccc(C5=CCCC5)c4O)C3C)C(=O)C2(O)C1=O. The number of aromatic hydroxyl groups is 1. The minimum Gasteiger partial charge on any atom is -0.507 e. The zero-order valence-electron chi connectivity index (χ0n) is 20.8. The number of hydrogen-bond acceptors (Lipinski definition) is 7. The van der Waals surface area contributed by atoms with Gasteiger partial charge in [-0.25, -0.2) is 0 Å². The summed E-state index contributed by atoms with van der Waals surface area (Å²) in [5.41, 5.74) is -0.333. The number of ketones is 3. The number of phenolic OH excluding ortho intramolecular Hbond substituents is 1. The molecular weight excluding hydrogens is 460 g/mol. The van der Waals surface area contributed by atoms with Crippen molar-refractivity contribution in [3.63, 3.8) is 0 Å². The van der Waals surface area contributed by atoms with Crippen LogP contribution < -0.4 is 0 Å². The van der Waals surface area contributed by atoms with Crippen molar-refractivity contribution in [2.45, 2.75) is 76.9 Å². The lowest BCUT2D eigenvalue weighted by Gasteiger charge is -2.50. The Kier molecular flexibility index (Phi) is 5.84. The molecule has 0 radical (unpaired) electrons. The predicted octanol–water partition coefficient (Wildman–Crippen LogP) is 3.91. The summed E-state index contributed by atoms with van der Waals surface area (Å²) in [5, 5.41) is 45.8. The van der Waals surface area contributed by atoms with Gasteiger partial charge in [-0.1, -0.05) is 44.6 Å². The Morgan fingerprint density at radius 1 is 1.14 bits per heavy atom. The summed E-state index contributed by atoms with van der Waals surface area (Å²) < 4.78 is 0. The zero-order chi connectivity index (χ0) is 26.1. The van der Waals surface area contributed by atoms with E-state index in [-0.39, 0.29) is 35.3 Å². The van der Waals surface area contributed by atoms with Crippen LogP contribution in [0.4, 0.5) is 0 Å². The second-order valence-corrected chi connectivity index (χ2v) is 10.5. The molecule has 36 heavy (non-hydrogen) atoms. The van der Waals surface area contributed by atoms with Crippen molar-refractivity contribution in [3.8, 4) is 5.75 Å². The molecule has 0 amide bonds. The quantitative estimate of drug-likeness (QED) is 0.370. The number of carbonyl (C=O) groups is 3. The highest BCUT2D eigenvalue weighted by molar-refractivity contribution is 6.33. The van der Waals surface area contributed by atoms with Gasteiger partial charge in [-0.2, -0.15) is 0 Å². The van der Waals surface area contributed by atoms with Crippen LogP contribution in [0.15, 0.2) is 34.9 Å². The van der Waals surface area contributed by atoms with Gasteiger partial charge in [0, 0.05) is 29.4 Å². The van der Waals surface area contributed by atoms with Gasteiger partial charge >= 0.3 is 0 Å². The fourth-order valence-electron chi connectivity index (χ4n) is 6.82. The third-order valence-electron chi connectivity index (χ3n) is 8.78. The molecule has 5 atom stereocenters. The number of aliphatic hydroxyl groups excluding tert-OH is 2. The molecule has 1 aromatic rings. The molecule has 7 nitrogen and oxygen atoms in total. The maximum Gasteiger partial charge on any atom is 0.206 e. The Morgan fingerprint density at radius 2 is 1.86 bits per heavy atom. The van der Waals surface area contributed by atoms with E-state index in [4.69, 9.17) is 0 Å². The second-order valence-electron chi connectivity index (χ2n) is 10.5. The van der Waals surface area contributed by atoms with E-state index in [1.54, 1.807) is 32.9 Å². The Hall–Kier alpha value is -3.03. The van der Waals surface area contributed by atoms with E-state index >= 15 is 0 Å². The van der Waals surface area contributed by atoms with E-state index in [1.165, 1.54) is 0 Å². The van der Waals surface area contributed by atoms with Crippen molar-refractivity contribution in [1.82, 2.24) is 0 Å². The molecule has 0 spiro atoms. The molecule has 0 bridgehead atoms. The van der Waals surface area contributed by atoms with Crippen LogP contribution in [0.25, 0.3) is 11.3 Å². The lowest BCUT2D eigenvalue weighted by Crippen LogP contribution is -2.66. The van der Waals surface area contributed by atoms with Crippen molar-refractivity contribution in [1.29, 1.82) is 0 Å². The minimum atomic E-state index is -2.66. The van der Waals surface area contributed by atoms with E-state index < -0.39 is 52.6 Å². The molecule has 5 rings (SSSR count). The van der Waals surface area contributed by atoms with E-state index in [0.29, 0.717) is 23.1 Å². The van der Waals surface area contributed by atoms with Gasteiger partial charge in [0.1, 0.15) is 11.5 Å². The maximum atomic E-state index is 13.9. The largest absolute Gasteiger partial charge is 0.507 e. The number of allylic oxidation sites excluding steroid dienone is 3. The van der Waals surface area contributed by atoms with Crippen LogP contribution in [0.5, 0.6) is 5.75 Å². The van der Waals surface area contributed by atoms with Crippen molar-refractivity contribution < 1.29 is 34.8 Å². The molecule has 4 aliphatic carbocycles. The highest BCUT2D eigenvalue weighted by Crippen LogP contribution is 2.56. The number of Topliss-reactive ketones (excluding diaryl/α,β-unsaturated/α-hetero) is 3. The minimum absolute atomic E-state index is 0.0369. The highest BCUT2D eigenvalue weighted by Gasteiger charge is 2.65. The van der Waals surface area contributed by atoms with Gasteiger partial charge < -0.3 is 20.4 Å². The number of aliphatic hydroxyl groups is 3. The molecule has 1 fully saturated rings. The summed E-state index contributed by atoms with van der Waals surface area (Å²) in [4.78, 5) is 40.2. The molecule has 4 N–H and O–H groups in total. The molecule has 0 saturated heterocycles. The highest BCUT2D eigenvalue weighted by atomic mass is 16.3. The topological polar surface area (TPSA) is 132 Å². The molecule has 0 aliphatic heterocycles. The first-order chi connectivity index (χ1) is 17.1. The maximum absolute atomic E-state index is 13.9. The van der Waals surface area contributed by atoms with Gasteiger partial charge in [0.05, 0.1) is 17.2 Å². The fourth-order valence-corrected chi connectivity index (χ4v) is 6.82. The molecule has 0 heterocycles. The Balaban J connectivity index is 1.71. The normalized spacial score (nSPS) is 31.8. The number of fused-ring (bicyclic) bond motifs is 3. The monoisotopic (exact) mass is 492 g/mol. The summed E-state index contributed by atoms with van der Waals surface area (Å²) in [6, 6.07) is 3.61. The summed E-state index contributed by atoms with van der Waals surface area (Å²) in [7, 11) is 0. The average molecular weight is 493 g/mol. The smallest absolute Gasteiger partial charge is 0.206 e. The van der Waals surface area contributed by atoms with Gasteiger partial charge in [0.15, 0.2) is 11.4 Å². The lowest BCUT2D eigenvalue weighted by atomic mass is 9.54. The van der Waals surface area contributed by atoms with Gasteiger partial charge in [0.25, 0.3) is 0 Å². The number of hydrogen-bond donors (Lipinski definition) is 4. The molecule has 0 aromatic heterocycles. The fraction of sp³-hybridized carbons (Fsp3) is 0.483.